The van der Waals surface area contributed by atoms with E-state index in [0.717, 1.165) is 28.7 Å². The van der Waals surface area contributed by atoms with E-state index in [9.17, 15) is 10.2 Å². The second-order valence-corrected chi connectivity index (χ2v) is 12.1. The average Bonchev–Trinajstić information content (AvgIpc) is 2.94. The van der Waals surface area contributed by atoms with E-state index in [0.29, 0.717) is 30.8 Å². The predicted octanol–water partition coefficient (Wildman–Crippen LogP) is 9.31. The molecular weight excluding hydrogens is 512 g/mol. The molecule has 0 fully saturated rings. The highest BCUT2D eigenvalue weighted by Crippen LogP contribution is 2.33. The van der Waals surface area contributed by atoms with Gasteiger partial charge in [0.05, 0.1) is 0 Å². The summed E-state index contributed by atoms with van der Waals surface area (Å²) in [5, 5.41) is 22.6. The first-order chi connectivity index (χ1) is 20.1. The molecule has 0 aromatic heterocycles. The summed E-state index contributed by atoms with van der Waals surface area (Å²) in [6.45, 7) is 12.9. The van der Waals surface area contributed by atoms with Crippen LogP contribution in [0.15, 0.2) is 84.9 Å². The van der Waals surface area contributed by atoms with E-state index >= 15 is 0 Å². The lowest BCUT2D eigenvalue weighted by molar-refractivity contribution is 0.457. The lowest BCUT2D eigenvalue weighted by Gasteiger charge is -2.16. The van der Waals surface area contributed by atoms with Crippen LogP contribution in [-0.2, 0) is 25.7 Å². The maximum Gasteiger partial charge on any atom is 0.122 e. The van der Waals surface area contributed by atoms with Gasteiger partial charge in [-0.3, -0.25) is 0 Å². The fourth-order valence-electron chi connectivity index (χ4n) is 6.10. The highest BCUT2D eigenvalue weighted by Gasteiger charge is 2.15. The minimum atomic E-state index is 0.313. The molecule has 0 spiro atoms. The minimum Gasteiger partial charge on any atom is -0.507 e. The average molecular weight is 555 g/mol. The molecule has 0 aliphatic rings. The summed E-state index contributed by atoms with van der Waals surface area (Å²) in [5.41, 5.74) is 16.2. The number of phenols is 2. The van der Waals surface area contributed by atoms with Gasteiger partial charge in [0.25, 0.3) is 0 Å². The minimum absolute atomic E-state index is 0.313. The van der Waals surface area contributed by atoms with E-state index in [1.807, 2.05) is 36.4 Å². The summed E-state index contributed by atoms with van der Waals surface area (Å²) in [7, 11) is 0. The molecule has 5 aromatic carbocycles. The standard InChI is InChI=1S/C40H42O2/c1-25-13-15-31(27(3)17-25)20-33-9-7-10-34(39(33)41)22-35-11-8-12-36(40(35)42)23-38-24-37(29(5)19-30(38)6)21-32-16-14-26(2)18-28(32)4/h7-19,24,41-42H,20-23H2,1-6H3. The van der Waals surface area contributed by atoms with Crippen LogP contribution in [0, 0.1) is 41.5 Å². The zero-order chi connectivity index (χ0) is 30.0. The summed E-state index contributed by atoms with van der Waals surface area (Å²) < 4.78 is 0. The number of hydrogen-bond acceptors (Lipinski definition) is 2. The van der Waals surface area contributed by atoms with Gasteiger partial charge in [-0.1, -0.05) is 96.1 Å². The molecule has 2 heteroatoms. The highest BCUT2D eigenvalue weighted by atomic mass is 16.3. The molecule has 0 saturated carbocycles. The third kappa shape index (κ3) is 6.44. The van der Waals surface area contributed by atoms with E-state index < -0.39 is 0 Å². The van der Waals surface area contributed by atoms with Gasteiger partial charge in [0.15, 0.2) is 0 Å². The van der Waals surface area contributed by atoms with Crippen molar-refractivity contribution in [2.24, 2.45) is 0 Å². The first-order valence-electron chi connectivity index (χ1n) is 14.9. The third-order valence-electron chi connectivity index (χ3n) is 8.72. The van der Waals surface area contributed by atoms with Gasteiger partial charge in [0.1, 0.15) is 11.5 Å². The normalized spacial score (nSPS) is 11.2. The molecule has 0 saturated heterocycles. The van der Waals surface area contributed by atoms with Gasteiger partial charge in [-0.25, -0.2) is 0 Å². The van der Waals surface area contributed by atoms with Gasteiger partial charge in [-0.05, 0) is 115 Å². The maximum atomic E-state index is 11.4. The summed E-state index contributed by atoms with van der Waals surface area (Å²) in [4.78, 5) is 0. The summed E-state index contributed by atoms with van der Waals surface area (Å²) >= 11 is 0. The van der Waals surface area contributed by atoms with Gasteiger partial charge in [-0.15, -0.1) is 0 Å². The van der Waals surface area contributed by atoms with E-state index in [1.165, 1.54) is 55.6 Å². The van der Waals surface area contributed by atoms with Crippen molar-refractivity contribution in [3.05, 3.63) is 163 Å². The van der Waals surface area contributed by atoms with Crippen molar-refractivity contribution in [1.29, 1.82) is 0 Å². The monoisotopic (exact) mass is 554 g/mol. The van der Waals surface area contributed by atoms with Crippen molar-refractivity contribution in [3.63, 3.8) is 0 Å². The topological polar surface area (TPSA) is 40.5 Å². The Bertz CT molecular complexity index is 1760. The van der Waals surface area contributed by atoms with Gasteiger partial charge in [-0.2, -0.15) is 0 Å². The molecule has 5 rings (SSSR count). The van der Waals surface area contributed by atoms with Crippen molar-refractivity contribution in [2.45, 2.75) is 67.2 Å². The Morgan fingerprint density at radius 2 is 0.690 bits per heavy atom. The van der Waals surface area contributed by atoms with Gasteiger partial charge in [0.2, 0.25) is 0 Å². The Balaban J connectivity index is 1.39. The molecule has 5 aromatic rings. The molecule has 0 aliphatic carbocycles. The molecule has 0 aliphatic heterocycles. The van der Waals surface area contributed by atoms with Crippen molar-refractivity contribution in [2.75, 3.05) is 0 Å². The number of aromatic hydroxyl groups is 2. The Morgan fingerprint density at radius 1 is 0.357 bits per heavy atom. The van der Waals surface area contributed by atoms with E-state index in [-0.39, 0.29) is 0 Å². The number of aryl methyl sites for hydroxylation is 6. The molecule has 0 bridgehead atoms. The third-order valence-corrected chi connectivity index (χ3v) is 8.72. The van der Waals surface area contributed by atoms with Crippen molar-refractivity contribution in [3.8, 4) is 11.5 Å². The lowest BCUT2D eigenvalue weighted by atomic mass is 9.90. The summed E-state index contributed by atoms with van der Waals surface area (Å²) in [5.74, 6) is 0.625. The molecule has 0 unspecified atom stereocenters. The van der Waals surface area contributed by atoms with Crippen LogP contribution in [0.5, 0.6) is 11.5 Å². The Morgan fingerprint density at radius 3 is 1.10 bits per heavy atom. The molecule has 0 heterocycles. The smallest absolute Gasteiger partial charge is 0.122 e. The van der Waals surface area contributed by atoms with Crippen LogP contribution in [0.1, 0.15) is 77.9 Å². The number of phenolic OH excluding ortho intramolecular Hbond substituents is 2. The largest absolute Gasteiger partial charge is 0.507 e. The Labute approximate surface area is 251 Å². The SMILES string of the molecule is Cc1ccc(Cc2cc(Cc3cccc(Cc4cccc(Cc5ccc(C)cc5C)c4O)c3O)c(C)cc2C)c(C)c1. The quantitative estimate of drug-likeness (QED) is 0.201. The van der Waals surface area contributed by atoms with Gasteiger partial charge in [0, 0.05) is 19.3 Å². The first kappa shape index (κ1) is 29.2. The van der Waals surface area contributed by atoms with Crippen LogP contribution in [-0.4, -0.2) is 10.2 Å². The van der Waals surface area contributed by atoms with Crippen LogP contribution in [0.4, 0.5) is 0 Å². The van der Waals surface area contributed by atoms with E-state index in [2.05, 4.69) is 90.1 Å². The van der Waals surface area contributed by atoms with Crippen LogP contribution in [0.3, 0.4) is 0 Å². The fourth-order valence-corrected chi connectivity index (χ4v) is 6.10. The van der Waals surface area contributed by atoms with Crippen LogP contribution in [0.25, 0.3) is 0 Å². The molecule has 0 atom stereocenters. The Hall–Kier alpha value is -4.30. The molecule has 2 nitrogen and oxygen atoms in total. The number of benzene rings is 5. The second kappa shape index (κ2) is 12.3. The van der Waals surface area contributed by atoms with Crippen LogP contribution in [0.2, 0.25) is 0 Å². The predicted molar refractivity (Wildman–Crippen MR) is 175 cm³/mol. The highest BCUT2D eigenvalue weighted by molar-refractivity contribution is 5.51. The Kier molecular flexibility index (Phi) is 8.54. The van der Waals surface area contributed by atoms with Crippen LogP contribution >= 0.6 is 0 Å². The van der Waals surface area contributed by atoms with Crippen molar-refractivity contribution in [1.82, 2.24) is 0 Å². The van der Waals surface area contributed by atoms with Crippen molar-refractivity contribution < 1.29 is 10.2 Å². The zero-order valence-electron chi connectivity index (χ0n) is 25.8. The first-order valence-corrected chi connectivity index (χ1v) is 14.9. The number of rotatable bonds is 8. The maximum absolute atomic E-state index is 11.4. The second-order valence-electron chi connectivity index (χ2n) is 12.1. The lowest BCUT2D eigenvalue weighted by Crippen LogP contribution is -2.01. The fraction of sp³-hybridized carbons (Fsp3) is 0.250. The molecule has 0 amide bonds. The molecule has 214 valence electrons. The molecule has 42 heavy (non-hydrogen) atoms. The number of para-hydroxylation sites is 2. The summed E-state index contributed by atoms with van der Waals surface area (Å²) in [6.07, 6.45) is 2.70. The molecular formula is C40H42O2. The molecule has 2 N–H and O–H groups in total. The zero-order valence-corrected chi connectivity index (χ0v) is 25.8. The van der Waals surface area contributed by atoms with Crippen molar-refractivity contribution >= 4 is 0 Å². The van der Waals surface area contributed by atoms with Crippen LogP contribution < -0.4 is 0 Å². The van der Waals surface area contributed by atoms with Gasteiger partial charge < -0.3 is 10.2 Å². The molecule has 0 radical (unpaired) electrons. The summed E-state index contributed by atoms with van der Waals surface area (Å²) in [6, 6.07) is 29.7. The van der Waals surface area contributed by atoms with Gasteiger partial charge >= 0.3 is 0 Å². The van der Waals surface area contributed by atoms with E-state index in [4.69, 9.17) is 0 Å². The number of hydrogen-bond donors (Lipinski definition) is 2. The van der Waals surface area contributed by atoms with E-state index in [1.54, 1.807) is 0 Å².